The second-order valence-electron chi connectivity index (χ2n) is 9.04. The maximum absolute atomic E-state index is 13.8. The van der Waals surface area contributed by atoms with E-state index in [9.17, 15) is 19.8 Å². The van der Waals surface area contributed by atoms with Crippen molar-refractivity contribution in [1.82, 2.24) is 0 Å². The molecule has 180 valence electrons. The number of phenolic OH excluding ortho intramolecular Hbond substituents is 1. The highest BCUT2D eigenvalue weighted by Crippen LogP contribution is 2.46. The Morgan fingerprint density at radius 1 is 0.806 bits per heavy atom. The van der Waals surface area contributed by atoms with Crippen LogP contribution in [-0.2, 0) is 4.79 Å². The first-order valence-corrected chi connectivity index (χ1v) is 11.6. The van der Waals surface area contributed by atoms with E-state index in [4.69, 9.17) is 4.74 Å². The Kier molecular flexibility index (Phi) is 5.72. The summed E-state index contributed by atoms with van der Waals surface area (Å²) >= 11 is 0. The standard InChI is InChI=1S/C30H25NO5/c1-17-14-21(29(33)34)15-18(2)28(17)36-30(35)27-23-6-4-5-7-25(23)31(3)26-13-10-20(16-24(26)27)19-8-11-22(32)12-9-19/h4-16,27,32H,1-3H3,(H,33,34). The number of rotatable bonds is 4. The highest BCUT2D eigenvalue weighted by atomic mass is 16.5. The zero-order valence-electron chi connectivity index (χ0n) is 20.1. The van der Waals surface area contributed by atoms with E-state index in [0.717, 1.165) is 33.6 Å². The van der Waals surface area contributed by atoms with Crippen molar-refractivity contribution in [3.63, 3.8) is 0 Å². The van der Waals surface area contributed by atoms with E-state index >= 15 is 0 Å². The molecule has 0 bridgehead atoms. The van der Waals surface area contributed by atoms with Gasteiger partial charge in [-0.25, -0.2) is 4.79 Å². The first-order chi connectivity index (χ1) is 17.2. The Bertz CT molecular complexity index is 1480. The third-order valence-corrected chi connectivity index (χ3v) is 6.66. The van der Waals surface area contributed by atoms with Gasteiger partial charge in [-0.15, -0.1) is 0 Å². The molecule has 0 aromatic heterocycles. The molecular weight excluding hydrogens is 454 g/mol. The van der Waals surface area contributed by atoms with E-state index in [1.807, 2.05) is 61.6 Å². The van der Waals surface area contributed by atoms with Gasteiger partial charge in [-0.2, -0.15) is 0 Å². The Morgan fingerprint density at radius 2 is 1.42 bits per heavy atom. The molecule has 4 aromatic carbocycles. The second-order valence-corrected chi connectivity index (χ2v) is 9.04. The normalized spacial score (nSPS) is 14.1. The molecule has 2 N–H and O–H groups in total. The number of hydrogen-bond donors (Lipinski definition) is 2. The van der Waals surface area contributed by atoms with Crippen molar-refractivity contribution in [2.45, 2.75) is 19.8 Å². The molecule has 0 amide bonds. The Labute approximate surface area is 209 Å². The minimum atomic E-state index is -1.03. The predicted octanol–water partition coefficient (Wildman–Crippen LogP) is 6.19. The average molecular weight is 480 g/mol. The predicted molar refractivity (Wildman–Crippen MR) is 138 cm³/mol. The Hall–Kier alpha value is -4.58. The monoisotopic (exact) mass is 479 g/mol. The average Bonchev–Trinajstić information content (AvgIpc) is 2.86. The van der Waals surface area contributed by atoms with Crippen LogP contribution < -0.4 is 9.64 Å². The largest absolute Gasteiger partial charge is 0.508 e. The molecular formula is C30H25NO5. The third kappa shape index (κ3) is 3.96. The van der Waals surface area contributed by atoms with Crippen molar-refractivity contribution in [3.8, 4) is 22.6 Å². The van der Waals surface area contributed by atoms with Crippen LogP contribution >= 0.6 is 0 Å². The molecule has 36 heavy (non-hydrogen) atoms. The van der Waals surface area contributed by atoms with Gasteiger partial charge in [0.1, 0.15) is 17.4 Å². The number of fused-ring (bicyclic) bond motifs is 2. The van der Waals surface area contributed by atoms with E-state index in [1.54, 1.807) is 26.0 Å². The van der Waals surface area contributed by atoms with E-state index in [-0.39, 0.29) is 11.3 Å². The first-order valence-electron chi connectivity index (χ1n) is 11.6. The number of aryl methyl sites for hydroxylation is 2. The molecule has 1 aliphatic heterocycles. The summed E-state index contributed by atoms with van der Waals surface area (Å²) in [6.45, 7) is 3.48. The summed E-state index contributed by atoms with van der Waals surface area (Å²) in [6, 6.07) is 23.7. The van der Waals surface area contributed by atoms with Gasteiger partial charge in [0, 0.05) is 18.4 Å². The summed E-state index contributed by atoms with van der Waals surface area (Å²) in [4.78, 5) is 27.3. The van der Waals surface area contributed by atoms with Crippen molar-refractivity contribution in [2.75, 3.05) is 11.9 Å². The van der Waals surface area contributed by atoms with Crippen molar-refractivity contribution in [1.29, 1.82) is 0 Å². The molecule has 1 heterocycles. The number of aromatic carboxylic acids is 1. The number of nitrogens with zero attached hydrogens (tertiary/aromatic N) is 1. The van der Waals surface area contributed by atoms with Gasteiger partial charge >= 0.3 is 11.9 Å². The smallest absolute Gasteiger partial charge is 0.335 e. The fraction of sp³-hybridized carbons (Fsp3) is 0.133. The minimum absolute atomic E-state index is 0.151. The van der Waals surface area contributed by atoms with Crippen molar-refractivity contribution >= 4 is 23.3 Å². The molecule has 0 radical (unpaired) electrons. The maximum Gasteiger partial charge on any atom is 0.335 e. The quantitative estimate of drug-likeness (QED) is 0.268. The van der Waals surface area contributed by atoms with Crippen LogP contribution in [-0.4, -0.2) is 29.2 Å². The molecule has 0 aliphatic carbocycles. The fourth-order valence-electron chi connectivity index (χ4n) is 4.91. The number of esters is 1. The molecule has 0 saturated carbocycles. The van der Waals surface area contributed by atoms with Crippen molar-refractivity contribution in [3.05, 3.63) is 107 Å². The molecule has 0 spiro atoms. The van der Waals surface area contributed by atoms with Gasteiger partial charge in [-0.1, -0.05) is 36.4 Å². The van der Waals surface area contributed by atoms with Gasteiger partial charge in [0.05, 0.1) is 5.56 Å². The molecule has 1 aliphatic rings. The number of carboxylic acid groups (broad SMARTS) is 1. The highest BCUT2D eigenvalue weighted by Gasteiger charge is 2.35. The number of benzene rings is 4. The molecule has 5 rings (SSSR count). The maximum atomic E-state index is 13.8. The number of anilines is 2. The highest BCUT2D eigenvalue weighted by molar-refractivity contribution is 5.94. The van der Waals surface area contributed by atoms with Crippen molar-refractivity contribution in [2.24, 2.45) is 0 Å². The molecule has 6 nitrogen and oxygen atoms in total. The summed E-state index contributed by atoms with van der Waals surface area (Å²) in [5, 5.41) is 19.0. The SMILES string of the molecule is Cc1cc(C(=O)O)cc(C)c1OC(=O)C1c2ccccc2N(C)c2ccc(-c3ccc(O)cc3)cc21. The first kappa shape index (κ1) is 23.2. The number of carbonyl (C=O) groups is 2. The second kappa shape index (κ2) is 8.89. The van der Waals surface area contributed by atoms with Gasteiger partial charge in [0.2, 0.25) is 0 Å². The van der Waals surface area contributed by atoms with Gasteiger partial charge in [0.15, 0.2) is 0 Å². The van der Waals surface area contributed by atoms with Crippen LogP contribution in [0.4, 0.5) is 11.4 Å². The molecule has 0 saturated heterocycles. The number of carboxylic acids is 1. The lowest BCUT2D eigenvalue weighted by Crippen LogP contribution is -2.28. The van der Waals surface area contributed by atoms with Gasteiger partial charge < -0.3 is 19.8 Å². The number of aromatic hydroxyl groups is 1. The molecule has 1 unspecified atom stereocenters. The van der Waals surface area contributed by atoms with E-state index in [0.29, 0.717) is 16.9 Å². The van der Waals surface area contributed by atoms with Crippen LogP contribution in [0.2, 0.25) is 0 Å². The third-order valence-electron chi connectivity index (χ3n) is 6.66. The van der Waals surface area contributed by atoms with Gasteiger partial charge in [0.25, 0.3) is 0 Å². The van der Waals surface area contributed by atoms with Crippen LogP contribution in [0.3, 0.4) is 0 Å². The lowest BCUT2D eigenvalue weighted by atomic mass is 9.83. The summed E-state index contributed by atoms with van der Waals surface area (Å²) in [5.74, 6) is -1.58. The lowest BCUT2D eigenvalue weighted by Gasteiger charge is -2.34. The number of hydrogen-bond acceptors (Lipinski definition) is 5. The van der Waals surface area contributed by atoms with E-state index < -0.39 is 17.9 Å². The molecule has 6 heteroatoms. The minimum Gasteiger partial charge on any atom is -0.508 e. The fourth-order valence-corrected chi connectivity index (χ4v) is 4.91. The number of para-hydroxylation sites is 1. The molecule has 1 atom stereocenters. The van der Waals surface area contributed by atoms with Crippen LogP contribution in [0.15, 0.2) is 78.9 Å². The summed E-state index contributed by atoms with van der Waals surface area (Å²) < 4.78 is 5.98. The van der Waals surface area contributed by atoms with E-state index in [2.05, 4.69) is 4.90 Å². The van der Waals surface area contributed by atoms with Crippen LogP contribution in [0.1, 0.15) is 38.5 Å². The van der Waals surface area contributed by atoms with E-state index in [1.165, 1.54) is 12.1 Å². The number of carbonyl (C=O) groups excluding carboxylic acids is 1. The number of phenols is 1. The summed E-state index contributed by atoms with van der Waals surface area (Å²) in [7, 11) is 1.97. The zero-order chi connectivity index (χ0) is 25.6. The Morgan fingerprint density at radius 3 is 2.08 bits per heavy atom. The topological polar surface area (TPSA) is 87.1 Å². The summed E-state index contributed by atoms with van der Waals surface area (Å²) in [5.41, 5.74) is 6.60. The Balaban J connectivity index is 1.61. The van der Waals surface area contributed by atoms with Gasteiger partial charge in [-0.05, 0) is 89.7 Å². The summed E-state index contributed by atoms with van der Waals surface area (Å²) in [6.07, 6.45) is 0. The zero-order valence-corrected chi connectivity index (χ0v) is 20.1. The van der Waals surface area contributed by atoms with Crippen molar-refractivity contribution < 1.29 is 24.5 Å². The molecule has 0 fully saturated rings. The van der Waals surface area contributed by atoms with Crippen LogP contribution in [0, 0.1) is 13.8 Å². The number of ether oxygens (including phenoxy) is 1. The lowest BCUT2D eigenvalue weighted by molar-refractivity contribution is -0.135. The van der Waals surface area contributed by atoms with Crippen LogP contribution in [0.25, 0.3) is 11.1 Å². The molecule has 4 aromatic rings. The van der Waals surface area contributed by atoms with Gasteiger partial charge in [-0.3, -0.25) is 4.79 Å². The van der Waals surface area contributed by atoms with Crippen LogP contribution in [0.5, 0.6) is 11.5 Å².